The van der Waals surface area contributed by atoms with Crippen LogP contribution in [0.4, 0.5) is 4.39 Å². The second kappa shape index (κ2) is 5.61. The van der Waals surface area contributed by atoms with Gasteiger partial charge in [0.25, 0.3) is 0 Å². The molecule has 1 unspecified atom stereocenters. The molecular weight excluding hydrogens is 259 g/mol. The second-order valence-corrected chi connectivity index (χ2v) is 4.91. The van der Waals surface area contributed by atoms with Crippen molar-refractivity contribution in [3.8, 4) is 0 Å². The van der Waals surface area contributed by atoms with Crippen molar-refractivity contribution in [2.45, 2.75) is 33.5 Å². The highest BCUT2D eigenvalue weighted by Crippen LogP contribution is 2.17. The fraction of sp³-hybridized carbons (Fsp3) is 0.500. The number of rotatable bonds is 4. The predicted molar refractivity (Wildman–Crippen MR) is 63.2 cm³/mol. The molecule has 0 N–H and O–H groups in total. The highest BCUT2D eigenvalue weighted by Gasteiger charge is 2.09. The highest BCUT2D eigenvalue weighted by molar-refractivity contribution is 9.10. The molecule has 15 heavy (non-hydrogen) atoms. The standard InChI is InChI=1S/C12H16BrFO/c1-8(2)9(3)15-7-10-4-5-11(13)6-12(10)14/h4-6,8-9H,7H2,1-3H3. The van der Waals surface area contributed by atoms with Gasteiger partial charge in [-0.2, -0.15) is 0 Å². The summed E-state index contributed by atoms with van der Waals surface area (Å²) in [6.07, 6.45) is 0.146. The molecule has 0 heterocycles. The van der Waals surface area contributed by atoms with Crippen LogP contribution < -0.4 is 0 Å². The lowest BCUT2D eigenvalue weighted by Gasteiger charge is -2.16. The molecule has 1 atom stereocenters. The van der Waals surface area contributed by atoms with Gasteiger partial charge in [0.15, 0.2) is 0 Å². The summed E-state index contributed by atoms with van der Waals surface area (Å²) < 4.78 is 19.7. The van der Waals surface area contributed by atoms with Gasteiger partial charge in [-0.05, 0) is 25.0 Å². The Balaban J connectivity index is 2.58. The van der Waals surface area contributed by atoms with Crippen molar-refractivity contribution >= 4 is 15.9 Å². The third-order valence-electron chi connectivity index (χ3n) is 2.46. The fourth-order valence-electron chi connectivity index (χ4n) is 1.05. The van der Waals surface area contributed by atoms with E-state index in [1.54, 1.807) is 6.07 Å². The Labute approximate surface area is 98.8 Å². The molecule has 0 radical (unpaired) electrons. The maximum absolute atomic E-state index is 13.4. The quantitative estimate of drug-likeness (QED) is 0.802. The molecule has 3 heteroatoms. The lowest BCUT2D eigenvalue weighted by Crippen LogP contribution is -2.15. The van der Waals surface area contributed by atoms with Crippen LogP contribution in [0.25, 0.3) is 0 Å². The molecule has 1 rings (SSSR count). The summed E-state index contributed by atoms with van der Waals surface area (Å²) in [6, 6.07) is 5.02. The van der Waals surface area contributed by atoms with E-state index in [1.807, 2.05) is 13.0 Å². The summed E-state index contributed by atoms with van der Waals surface area (Å²) in [4.78, 5) is 0. The van der Waals surface area contributed by atoms with Gasteiger partial charge in [0.05, 0.1) is 12.7 Å². The van der Waals surface area contributed by atoms with E-state index < -0.39 is 0 Å². The maximum Gasteiger partial charge on any atom is 0.129 e. The molecule has 0 saturated carbocycles. The van der Waals surface area contributed by atoms with Crippen LogP contribution in [-0.2, 0) is 11.3 Å². The van der Waals surface area contributed by atoms with Crippen LogP contribution in [-0.4, -0.2) is 6.10 Å². The zero-order chi connectivity index (χ0) is 11.4. The minimum absolute atomic E-state index is 0.146. The first-order valence-corrected chi connectivity index (χ1v) is 5.85. The van der Waals surface area contributed by atoms with E-state index in [4.69, 9.17) is 4.74 Å². The number of hydrogen-bond acceptors (Lipinski definition) is 1. The van der Waals surface area contributed by atoms with Crippen molar-refractivity contribution in [1.29, 1.82) is 0 Å². The van der Waals surface area contributed by atoms with Gasteiger partial charge in [-0.25, -0.2) is 4.39 Å². The number of halogens is 2. The average Bonchev–Trinajstić information content (AvgIpc) is 2.15. The molecule has 0 spiro atoms. The smallest absolute Gasteiger partial charge is 0.129 e. The van der Waals surface area contributed by atoms with Gasteiger partial charge < -0.3 is 4.74 Å². The van der Waals surface area contributed by atoms with Gasteiger partial charge in [0.2, 0.25) is 0 Å². The minimum atomic E-state index is -0.222. The lowest BCUT2D eigenvalue weighted by atomic mass is 10.1. The number of ether oxygens (including phenoxy) is 1. The van der Waals surface area contributed by atoms with Crippen molar-refractivity contribution in [1.82, 2.24) is 0 Å². The predicted octanol–water partition coefficient (Wildman–Crippen LogP) is 4.15. The van der Waals surface area contributed by atoms with Gasteiger partial charge in [-0.15, -0.1) is 0 Å². The van der Waals surface area contributed by atoms with Crippen LogP contribution in [0.5, 0.6) is 0 Å². The molecule has 0 saturated heterocycles. The molecule has 0 aliphatic heterocycles. The van der Waals surface area contributed by atoms with Crippen LogP contribution >= 0.6 is 15.9 Å². The van der Waals surface area contributed by atoms with Gasteiger partial charge in [0, 0.05) is 10.0 Å². The summed E-state index contributed by atoms with van der Waals surface area (Å²) in [5, 5.41) is 0. The van der Waals surface area contributed by atoms with Gasteiger partial charge in [-0.3, -0.25) is 0 Å². The van der Waals surface area contributed by atoms with E-state index in [1.165, 1.54) is 6.07 Å². The SMILES string of the molecule is CC(C)C(C)OCc1ccc(Br)cc1F. The zero-order valence-corrected chi connectivity index (χ0v) is 10.8. The number of hydrogen-bond donors (Lipinski definition) is 0. The summed E-state index contributed by atoms with van der Waals surface area (Å²) in [5.74, 6) is 0.226. The molecule has 1 nitrogen and oxygen atoms in total. The van der Waals surface area contributed by atoms with Gasteiger partial charge >= 0.3 is 0 Å². The second-order valence-electron chi connectivity index (χ2n) is 4.00. The summed E-state index contributed by atoms with van der Waals surface area (Å²) in [7, 11) is 0. The normalized spacial score (nSPS) is 13.2. The van der Waals surface area contributed by atoms with Crippen LogP contribution in [0.3, 0.4) is 0 Å². The molecule has 0 aromatic heterocycles. The van der Waals surface area contributed by atoms with Crippen LogP contribution in [0.15, 0.2) is 22.7 Å². The Kier molecular flexibility index (Phi) is 4.74. The van der Waals surface area contributed by atoms with E-state index >= 15 is 0 Å². The Morgan fingerprint density at radius 3 is 2.53 bits per heavy atom. The Morgan fingerprint density at radius 2 is 2.00 bits per heavy atom. The zero-order valence-electron chi connectivity index (χ0n) is 9.26. The largest absolute Gasteiger partial charge is 0.373 e. The Morgan fingerprint density at radius 1 is 1.33 bits per heavy atom. The topological polar surface area (TPSA) is 9.23 Å². The van der Waals surface area contributed by atoms with Crippen LogP contribution in [0.2, 0.25) is 0 Å². The molecule has 0 aliphatic rings. The van der Waals surface area contributed by atoms with Crippen molar-refractivity contribution in [3.63, 3.8) is 0 Å². The first-order valence-electron chi connectivity index (χ1n) is 5.06. The molecular formula is C12H16BrFO. The monoisotopic (exact) mass is 274 g/mol. The van der Waals surface area contributed by atoms with Crippen LogP contribution in [0, 0.1) is 11.7 Å². The van der Waals surface area contributed by atoms with Crippen LogP contribution in [0.1, 0.15) is 26.3 Å². The first kappa shape index (κ1) is 12.7. The summed E-state index contributed by atoms with van der Waals surface area (Å²) in [6.45, 7) is 6.51. The lowest BCUT2D eigenvalue weighted by molar-refractivity contribution is 0.0221. The van der Waals surface area contributed by atoms with Crippen molar-refractivity contribution in [2.24, 2.45) is 5.92 Å². The maximum atomic E-state index is 13.4. The van der Waals surface area contributed by atoms with E-state index in [0.717, 1.165) is 4.47 Å². The summed E-state index contributed by atoms with van der Waals surface area (Å²) >= 11 is 3.22. The summed E-state index contributed by atoms with van der Waals surface area (Å²) in [5.41, 5.74) is 0.603. The van der Waals surface area contributed by atoms with Crippen molar-refractivity contribution in [3.05, 3.63) is 34.1 Å². The molecule has 84 valence electrons. The van der Waals surface area contributed by atoms with E-state index in [-0.39, 0.29) is 11.9 Å². The minimum Gasteiger partial charge on any atom is -0.373 e. The first-order chi connectivity index (χ1) is 7.00. The van der Waals surface area contributed by atoms with Gasteiger partial charge in [0.1, 0.15) is 5.82 Å². The molecule has 1 aromatic carbocycles. The third-order valence-corrected chi connectivity index (χ3v) is 2.95. The van der Waals surface area contributed by atoms with Gasteiger partial charge in [-0.1, -0.05) is 35.8 Å². The fourth-order valence-corrected chi connectivity index (χ4v) is 1.39. The van der Waals surface area contributed by atoms with E-state index in [2.05, 4.69) is 29.8 Å². The van der Waals surface area contributed by atoms with E-state index in [0.29, 0.717) is 18.1 Å². The Bertz CT molecular complexity index is 325. The highest BCUT2D eigenvalue weighted by atomic mass is 79.9. The molecule has 0 bridgehead atoms. The average molecular weight is 275 g/mol. The third kappa shape index (κ3) is 3.92. The van der Waals surface area contributed by atoms with Crippen molar-refractivity contribution in [2.75, 3.05) is 0 Å². The molecule has 1 aromatic rings. The molecule has 0 amide bonds. The van der Waals surface area contributed by atoms with Crippen molar-refractivity contribution < 1.29 is 9.13 Å². The molecule has 0 aliphatic carbocycles. The number of benzene rings is 1. The van der Waals surface area contributed by atoms with E-state index in [9.17, 15) is 4.39 Å². The molecule has 0 fully saturated rings. The Hall–Kier alpha value is -0.410.